The van der Waals surface area contributed by atoms with Crippen molar-refractivity contribution in [2.75, 3.05) is 39.6 Å². The van der Waals surface area contributed by atoms with E-state index in [1.165, 1.54) is 0 Å². The molecule has 1 fully saturated rings. The first-order chi connectivity index (χ1) is 8.76. The first-order valence-corrected chi connectivity index (χ1v) is 8.80. The zero-order valence-corrected chi connectivity index (χ0v) is 13.5. The zero-order valence-electron chi connectivity index (χ0n) is 12.5. The molecule has 0 bridgehead atoms. The van der Waals surface area contributed by atoms with Crippen LogP contribution in [0.25, 0.3) is 0 Å². The maximum atomic E-state index is 5.76. The van der Waals surface area contributed by atoms with Crippen molar-refractivity contribution in [1.82, 2.24) is 6.15 Å². The number of ether oxygens (including phenoxy) is 2. The lowest BCUT2D eigenvalue weighted by molar-refractivity contribution is 0.0648. The fourth-order valence-corrected chi connectivity index (χ4v) is 4.35. The lowest BCUT2D eigenvalue weighted by atomic mass is 10.5. The molecule has 0 aromatic carbocycles. The summed E-state index contributed by atoms with van der Waals surface area (Å²) >= 11 is 0. The summed E-state index contributed by atoms with van der Waals surface area (Å²) in [6, 6.07) is 0.814. The van der Waals surface area contributed by atoms with Crippen LogP contribution in [0.1, 0.15) is 27.2 Å². The SMILES string of the molecule is CCO[Si](CCCOCC1CO1)(OCC)OCC.N. The van der Waals surface area contributed by atoms with Crippen molar-refractivity contribution in [3.8, 4) is 0 Å². The van der Waals surface area contributed by atoms with Gasteiger partial charge in [0.2, 0.25) is 0 Å². The van der Waals surface area contributed by atoms with E-state index in [1.54, 1.807) is 0 Å². The van der Waals surface area contributed by atoms with Gasteiger partial charge in [0.15, 0.2) is 0 Å². The van der Waals surface area contributed by atoms with Crippen molar-refractivity contribution in [3.05, 3.63) is 0 Å². The highest BCUT2D eigenvalue weighted by Gasteiger charge is 2.39. The summed E-state index contributed by atoms with van der Waals surface area (Å²) in [4.78, 5) is 0. The van der Waals surface area contributed by atoms with Gasteiger partial charge in [-0.05, 0) is 27.2 Å². The van der Waals surface area contributed by atoms with E-state index in [2.05, 4.69) is 0 Å². The van der Waals surface area contributed by atoms with Crippen LogP contribution in [-0.4, -0.2) is 54.5 Å². The van der Waals surface area contributed by atoms with Gasteiger partial charge in [0.1, 0.15) is 6.10 Å². The Hall–Kier alpha value is -0.0231. The molecule has 1 aliphatic heterocycles. The van der Waals surface area contributed by atoms with Crippen molar-refractivity contribution in [1.29, 1.82) is 0 Å². The monoisotopic (exact) mass is 295 g/mol. The molecule has 1 saturated heterocycles. The molecule has 19 heavy (non-hydrogen) atoms. The van der Waals surface area contributed by atoms with Gasteiger partial charge in [-0.1, -0.05) is 0 Å². The van der Waals surface area contributed by atoms with Crippen LogP contribution in [0.5, 0.6) is 0 Å². The van der Waals surface area contributed by atoms with Gasteiger partial charge in [-0.2, -0.15) is 0 Å². The summed E-state index contributed by atoms with van der Waals surface area (Å²) in [5.41, 5.74) is 0. The van der Waals surface area contributed by atoms with Gasteiger partial charge in [-0.3, -0.25) is 0 Å². The predicted octanol–water partition coefficient (Wildman–Crippen LogP) is 2.00. The third-order valence-electron chi connectivity index (χ3n) is 2.57. The Bertz CT molecular complexity index is 199. The molecule has 3 N–H and O–H groups in total. The third-order valence-corrected chi connectivity index (χ3v) is 5.72. The van der Waals surface area contributed by atoms with Crippen LogP contribution in [0.4, 0.5) is 0 Å². The molecule has 7 heteroatoms. The largest absolute Gasteiger partial charge is 0.501 e. The highest BCUT2D eigenvalue weighted by molar-refractivity contribution is 6.60. The van der Waals surface area contributed by atoms with Gasteiger partial charge in [0, 0.05) is 32.5 Å². The molecule has 0 aromatic heterocycles. The van der Waals surface area contributed by atoms with E-state index in [4.69, 9.17) is 22.8 Å². The zero-order chi connectivity index (χ0) is 13.3. The Morgan fingerprint density at radius 3 is 2.00 bits per heavy atom. The van der Waals surface area contributed by atoms with E-state index in [1.807, 2.05) is 20.8 Å². The molecule has 1 aliphatic rings. The second-order valence-corrected chi connectivity index (χ2v) is 6.85. The van der Waals surface area contributed by atoms with E-state index in [-0.39, 0.29) is 6.15 Å². The van der Waals surface area contributed by atoms with E-state index in [9.17, 15) is 0 Å². The number of hydrogen-bond donors (Lipinski definition) is 1. The fraction of sp³-hybridized carbons (Fsp3) is 1.00. The molecule has 1 unspecified atom stereocenters. The molecule has 0 amide bonds. The van der Waals surface area contributed by atoms with Crippen molar-refractivity contribution < 1.29 is 22.8 Å². The molecule has 6 nitrogen and oxygen atoms in total. The van der Waals surface area contributed by atoms with Crippen LogP contribution in [0.2, 0.25) is 6.04 Å². The van der Waals surface area contributed by atoms with E-state index in [0.717, 1.165) is 19.1 Å². The summed E-state index contributed by atoms with van der Waals surface area (Å²) < 4.78 is 27.9. The molecule has 0 aliphatic carbocycles. The Kier molecular flexibility index (Phi) is 10.7. The van der Waals surface area contributed by atoms with Crippen molar-refractivity contribution >= 4 is 8.80 Å². The molecule has 0 aromatic rings. The summed E-state index contributed by atoms with van der Waals surface area (Å²) in [6.07, 6.45) is 1.23. The molecule has 0 spiro atoms. The molecular weight excluding hydrogens is 266 g/mol. The van der Waals surface area contributed by atoms with Gasteiger partial charge in [-0.15, -0.1) is 0 Å². The first-order valence-electron chi connectivity index (χ1n) is 6.87. The molecule has 0 saturated carbocycles. The lowest BCUT2D eigenvalue weighted by Gasteiger charge is -2.28. The van der Waals surface area contributed by atoms with E-state index in [0.29, 0.717) is 39.1 Å². The van der Waals surface area contributed by atoms with Gasteiger partial charge in [-0.25, -0.2) is 0 Å². The lowest BCUT2D eigenvalue weighted by Crippen LogP contribution is -2.46. The molecular formula is C12H29NO5Si. The van der Waals surface area contributed by atoms with Crippen molar-refractivity contribution in [2.24, 2.45) is 0 Å². The highest BCUT2D eigenvalue weighted by atomic mass is 28.4. The van der Waals surface area contributed by atoms with Crippen LogP contribution in [0.15, 0.2) is 0 Å². The minimum absolute atomic E-state index is 0. The second-order valence-electron chi connectivity index (χ2n) is 4.12. The van der Waals surface area contributed by atoms with Crippen LogP contribution >= 0.6 is 0 Å². The number of hydrogen-bond acceptors (Lipinski definition) is 6. The van der Waals surface area contributed by atoms with E-state index >= 15 is 0 Å². The summed E-state index contributed by atoms with van der Waals surface area (Å²) in [6.45, 7) is 10.1. The standard InChI is InChI=1S/C12H26O5Si.H3N/c1-4-15-18(16-5-2,17-6-3)9-7-8-13-10-12-11-14-12;/h12H,4-11H2,1-3H3;1H3. The molecule has 1 atom stereocenters. The summed E-state index contributed by atoms with van der Waals surface area (Å²) in [7, 11) is -2.47. The Morgan fingerprint density at radius 1 is 1.05 bits per heavy atom. The summed E-state index contributed by atoms with van der Waals surface area (Å²) in [5, 5.41) is 0. The van der Waals surface area contributed by atoms with Gasteiger partial charge >= 0.3 is 8.80 Å². The molecule has 116 valence electrons. The van der Waals surface area contributed by atoms with Crippen LogP contribution in [0, 0.1) is 0 Å². The van der Waals surface area contributed by atoms with Crippen LogP contribution in [0.3, 0.4) is 0 Å². The van der Waals surface area contributed by atoms with Crippen molar-refractivity contribution in [3.63, 3.8) is 0 Å². The third kappa shape index (κ3) is 7.98. The quantitative estimate of drug-likeness (QED) is 0.337. The van der Waals surface area contributed by atoms with Crippen molar-refractivity contribution in [2.45, 2.75) is 39.3 Å². The fourth-order valence-electron chi connectivity index (χ4n) is 1.77. The highest BCUT2D eigenvalue weighted by Crippen LogP contribution is 2.18. The minimum atomic E-state index is -2.47. The molecule has 1 heterocycles. The Balaban J connectivity index is 0.00000324. The smallest absolute Gasteiger partial charge is 0.379 e. The average Bonchev–Trinajstić information content (AvgIpc) is 3.14. The number of rotatable bonds is 12. The molecule has 1 rings (SSSR count). The van der Waals surface area contributed by atoms with E-state index < -0.39 is 8.80 Å². The Morgan fingerprint density at radius 2 is 1.58 bits per heavy atom. The normalized spacial score (nSPS) is 18.2. The maximum Gasteiger partial charge on any atom is 0.501 e. The average molecular weight is 295 g/mol. The van der Waals surface area contributed by atoms with Gasteiger partial charge in [0.05, 0.1) is 13.2 Å². The first kappa shape index (κ1) is 19.0. The van der Waals surface area contributed by atoms with Crippen LogP contribution < -0.4 is 6.15 Å². The molecule has 0 radical (unpaired) electrons. The second kappa shape index (κ2) is 10.7. The maximum absolute atomic E-state index is 5.76. The minimum Gasteiger partial charge on any atom is -0.379 e. The Labute approximate surface area is 117 Å². The topological polar surface area (TPSA) is 84.5 Å². The van der Waals surface area contributed by atoms with Gasteiger partial charge in [0.25, 0.3) is 0 Å². The summed E-state index contributed by atoms with van der Waals surface area (Å²) in [5.74, 6) is 0. The van der Waals surface area contributed by atoms with Gasteiger partial charge < -0.3 is 28.9 Å². The number of epoxide rings is 1. The predicted molar refractivity (Wildman–Crippen MR) is 75.6 cm³/mol. The van der Waals surface area contributed by atoms with Crippen LogP contribution in [-0.2, 0) is 22.8 Å².